The molecule has 0 saturated heterocycles. The van der Waals surface area contributed by atoms with Gasteiger partial charge in [-0.2, -0.15) is 0 Å². The highest BCUT2D eigenvalue weighted by molar-refractivity contribution is 6.01. The second-order valence-corrected chi connectivity index (χ2v) is 6.42. The first-order valence-corrected chi connectivity index (χ1v) is 9.16. The van der Waals surface area contributed by atoms with Crippen molar-refractivity contribution in [2.24, 2.45) is 0 Å². The molecule has 0 aliphatic rings. The van der Waals surface area contributed by atoms with Crippen LogP contribution in [0.25, 0.3) is 10.9 Å². The zero-order chi connectivity index (χ0) is 20.1. The van der Waals surface area contributed by atoms with Gasteiger partial charge < -0.3 is 20.4 Å². The van der Waals surface area contributed by atoms with Crippen molar-refractivity contribution in [3.05, 3.63) is 90.6 Å². The average Bonchev–Trinajstić information content (AvgIpc) is 3.22. The summed E-state index contributed by atoms with van der Waals surface area (Å²) in [6, 6.07) is 23.7. The number of hydrogen-bond donors (Lipinski definition) is 3. The summed E-state index contributed by atoms with van der Waals surface area (Å²) >= 11 is 0. The monoisotopic (exact) mass is 385 g/mol. The maximum absolute atomic E-state index is 12.3. The van der Waals surface area contributed by atoms with Gasteiger partial charge in [0.25, 0.3) is 5.91 Å². The number of carbonyl (C=O) groups excluding carboxylic acids is 2. The Labute approximate surface area is 167 Å². The number of aromatic nitrogens is 1. The lowest BCUT2D eigenvalue weighted by atomic mass is 10.1. The number of carbonyl (C=O) groups is 2. The van der Waals surface area contributed by atoms with Gasteiger partial charge in [-0.05, 0) is 47.9 Å². The number of fused-ring (bicyclic) bond motifs is 1. The predicted molar refractivity (Wildman–Crippen MR) is 112 cm³/mol. The first-order valence-electron chi connectivity index (χ1n) is 9.16. The molecule has 0 bridgehead atoms. The van der Waals surface area contributed by atoms with E-state index in [9.17, 15) is 9.59 Å². The van der Waals surface area contributed by atoms with Gasteiger partial charge in [0.15, 0.2) is 5.75 Å². The molecule has 0 spiro atoms. The summed E-state index contributed by atoms with van der Waals surface area (Å²) in [6.45, 7) is -0.152. The van der Waals surface area contributed by atoms with Gasteiger partial charge in [0.2, 0.25) is 5.91 Å². The lowest BCUT2D eigenvalue weighted by molar-refractivity contribution is -0.115. The Morgan fingerprint density at radius 2 is 1.69 bits per heavy atom. The second-order valence-electron chi connectivity index (χ2n) is 6.42. The normalized spacial score (nSPS) is 10.5. The van der Waals surface area contributed by atoms with E-state index in [1.807, 2.05) is 54.7 Å². The molecule has 3 aromatic carbocycles. The predicted octanol–water partition coefficient (Wildman–Crippen LogP) is 4.33. The standard InChI is InChI=1S/C23H19N3O3/c27-22(15-25-23(28)17-11-10-16-12-13-24-20(16)14-17)26-19-8-4-5-9-21(19)29-18-6-2-1-3-7-18/h1-14,24H,15H2,(H,25,28)(H,26,27). The number of nitrogens with one attached hydrogen (secondary N) is 3. The van der Waals surface area contributed by atoms with E-state index in [0.717, 1.165) is 10.9 Å². The number of rotatable bonds is 6. The van der Waals surface area contributed by atoms with Gasteiger partial charge >= 0.3 is 0 Å². The van der Waals surface area contributed by atoms with Gasteiger partial charge in [0.1, 0.15) is 5.75 Å². The molecule has 0 atom stereocenters. The second kappa shape index (κ2) is 8.31. The van der Waals surface area contributed by atoms with Crippen LogP contribution in [0.5, 0.6) is 11.5 Å². The van der Waals surface area contributed by atoms with Crippen LogP contribution in [0.15, 0.2) is 85.1 Å². The van der Waals surface area contributed by atoms with Crippen LogP contribution < -0.4 is 15.4 Å². The first-order chi connectivity index (χ1) is 14.2. The summed E-state index contributed by atoms with van der Waals surface area (Å²) in [4.78, 5) is 27.7. The molecule has 0 saturated carbocycles. The Kier molecular flexibility index (Phi) is 5.25. The molecule has 1 heterocycles. The van der Waals surface area contributed by atoms with Gasteiger partial charge in [-0.15, -0.1) is 0 Å². The Morgan fingerprint density at radius 1 is 0.897 bits per heavy atom. The third kappa shape index (κ3) is 4.44. The van der Waals surface area contributed by atoms with Gasteiger partial charge in [0.05, 0.1) is 12.2 Å². The molecule has 6 heteroatoms. The van der Waals surface area contributed by atoms with E-state index in [0.29, 0.717) is 22.7 Å². The highest BCUT2D eigenvalue weighted by Gasteiger charge is 2.11. The molecule has 4 rings (SSSR count). The summed E-state index contributed by atoms with van der Waals surface area (Å²) in [7, 11) is 0. The summed E-state index contributed by atoms with van der Waals surface area (Å²) < 4.78 is 5.83. The molecule has 0 fully saturated rings. The Bertz CT molecular complexity index is 1150. The Hall–Kier alpha value is -4.06. The van der Waals surface area contributed by atoms with Crippen LogP contribution in [0.3, 0.4) is 0 Å². The van der Waals surface area contributed by atoms with Gasteiger partial charge in [-0.1, -0.05) is 36.4 Å². The summed E-state index contributed by atoms with van der Waals surface area (Å²) in [6.07, 6.45) is 1.81. The minimum Gasteiger partial charge on any atom is -0.455 e. The average molecular weight is 385 g/mol. The van der Waals surface area contributed by atoms with Crippen molar-refractivity contribution in [2.45, 2.75) is 0 Å². The maximum atomic E-state index is 12.3. The van der Waals surface area contributed by atoms with E-state index < -0.39 is 0 Å². The first kappa shape index (κ1) is 18.3. The van der Waals surface area contributed by atoms with Crippen molar-refractivity contribution >= 4 is 28.4 Å². The third-order valence-electron chi connectivity index (χ3n) is 4.36. The van der Waals surface area contributed by atoms with E-state index in [2.05, 4.69) is 15.6 Å². The number of hydrogen-bond acceptors (Lipinski definition) is 3. The molecule has 0 aliphatic heterocycles. The Morgan fingerprint density at radius 3 is 2.55 bits per heavy atom. The van der Waals surface area contributed by atoms with Crippen molar-refractivity contribution in [3.63, 3.8) is 0 Å². The van der Waals surface area contributed by atoms with Crippen LogP contribution in [-0.2, 0) is 4.79 Å². The van der Waals surface area contributed by atoms with E-state index >= 15 is 0 Å². The molecule has 6 nitrogen and oxygen atoms in total. The van der Waals surface area contributed by atoms with Crippen LogP contribution in [0.4, 0.5) is 5.69 Å². The number of aromatic amines is 1. The molecule has 3 N–H and O–H groups in total. The number of ether oxygens (including phenoxy) is 1. The largest absolute Gasteiger partial charge is 0.455 e. The molecule has 29 heavy (non-hydrogen) atoms. The molecule has 1 aromatic heterocycles. The van der Waals surface area contributed by atoms with Gasteiger partial charge in [0, 0.05) is 17.3 Å². The number of amides is 2. The third-order valence-corrected chi connectivity index (χ3v) is 4.36. The number of para-hydroxylation sites is 3. The van der Waals surface area contributed by atoms with Crippen LogP contribution in [0.2, 0.25) is 0 Å². The van der Waals surface area contributed by atoms with E-state index in [1.54, 1.807) is 30.3 Å². The molecule has 4 aromatic rings. The minimum atomic E-state index is -0.344. The molecule has 0 unspecified atom stereocenters. The lowest BCUT2D eigenvalue weighted by Crippen LogP contribution is -2.32. The van der Waals surface area contributed by atoms with Crippen LogP contribution >= 0.6 is 0 Å². The quantitative estimate of drug-likeness (QED) is 0.462. The van der Waals surface area contributed by atoms with Crippen LogP contribution in [0, 0.1) is 0 Å². The minimum absolute atomic E-state index is 0.152. The fraction of sp³-hybridized carbons (Fsp3) is 0.0435. The highest BCUT2D eigenvalue weighted by atomic mass is 16.5. The zero-order valence-electron chi connectivity index (χ0n) is 15.5. The highest BCUT2D eigenvalue weighted by Crippen LogP contribution is 2.28. The molecular weight excluding hydrogens is 366 g/mol. The van der Waals surface area contributed by atoms with Crippen molar-refractivity contribution in [3.8, 4) is 11.5 Å². The maximum Gasteiger partial charge on any atom is 0.251 e. The van der Waals surface area contributed by atoms with Gasteiger partial charge in [-0.3, -0.25) is 9.59 Å². The SMILES string of the molecule is O=C(CNC(=O)c1ccc2cc[nH]c2c1)Nc1ccccc1Oc1ccccc1. The van der Waals surface area contributed by atoms with Crippen LogP contribution in [0.1, 0.15) is 10.4 Å². The van der Waals surface area contributed by atoms with Crippen LogP contribution in [-0.4, -0.2) is 23.3 Å². The van der Waals surface area contributed by atoms with E-state index in [1.165, 1.54) is 0 Å². The fourth-order valence-electron chi connectivity index (χ4n) is 2.92. The summed E-state index contributed by atoms with van der Waals surface area (Å²) in [5.41, 5.74) is 1.89. The van der Waals surface area contributed by atoms with Crippen molar-refractivity contribution < 1.29 is 14.3 Å². The Balaban J connectivity index is 1.38. The zero-order valence-corrected chi connectivity index (χ0v) is 15.5. The van der Waals surface area contributed by atoms with E-state index in [4.69, 9.17) is 4.74 Å². The molecular formula is C23H19N3O3. The lowest BCUT2D eigenvalue weighted by Gasteiger charge is -2.12. The fourth-order valence-corrected chi connectivity index (χ4v) is 2.92. The van der Waals surface area contributed by atoms with Crippen molar-refractivity contribution in [1.29, 1.82) is 0 Å². The molecule has 2 amide bonds. The molecule has 0 aliphatic carbocycles. The number of anilines is 1. The van der Waals surface area contributed by atoms with E-state index in [-0.39, 0.29) is 18.4 Å². The summed E-state index contributed by atoms with van der Waals surface area (Å²) in [5, 5.41) is 6.44. The number of H-pyrrole nitrogens is 1. The molecule has 0 radical (unpaired) electrons. The molecule has 144 valence electrons. The van der Waals surface area contributed by atoms with Gasteiger partial charge in [-0.25, -0.2) is 0 Å². The topological polar surface area (TPSA) is 83.2 Å². The van der Waals surface area contributed by atoms with Crippen molar-refractivity contribution in [1.82, 2.24) is 10.3 Å². The number of benzene rings is 3. The van der Waals surface area contributed by atoms with Crippen molar-refractivity contribution in [2.75, 3.05) is 11.9 Å². The summed E-state index contributed by atoms with van der Waals surface area (Å²) in [5.74, 6) is 0.534. The smallest absolute Gasteiger partial charge is 0.251 e.